The molecule has 1 rings (SSSR count). The van der Waals surface area contributed by atoms with Crippen LogP contribution in [0.25, 0.3) is 0 Å². The molecule has 6 heteroatoms. The van der Waals surface area contributed by atoms with E-state index >= 15 is 0 Å². The molecule has 1 saturated heterocycles. The lowest BCUT2D eigenvalue weighted by Gasteiger charge is -2.39. The van der Waals surface area contributed by atoms with Crippen molar-refractivity contribution in [2.45, 2.75) is 39.8 Å². The van der Waals surface area contributed by atoms with Gasteiger partial charge in [0.2, 0.25) is 11.8 Å². The Morgan fingerprint density at radius 1 is 1.06 bits per heavy atom. The molecule has 1 aliphatic heterocycles. The number of carbonyl (C=O) groups is 3. The Kier molecular flexibility index (Phi) is 4.32. The van der Waals surface area contributed by atoms with E-state index in [-0.39, 0.29) is 36.9 Å². The third-order valence-electron chi connectivity index (χ3n) is 3.10. The SMILES string of the molecule is CC(C)C(C(=O)O)N1CC(=O)N(C(C)C)CC1=O. The first kappa shape index (κ1) is 14.5. The molecule has 1 unspecified atom stereocenters. The number of nitrogens with zero attached hydrogens (tertiary/aromatic N) is 2. The average molecular weight is 256 g/mol. The fraction of sp³-hybridized carbons (Fsp3) is 0.750. The molecule has 0 bridgehead atoms. The van der Waals surface area contributed by atoms with E-state index in [1.807, 2.05) is 13.8 Å². The first-order valence-corrected chi connectivity index (χ1v) is 6.07. The summed E-state index contributed by atoms with van der Waals surface area (Å²) in [6.07, 6.45) is 0. The van der Waals surface area contributed by atoms with Crippen LogP contribution in [0.1, 0.15) is 27.7 Å². The van der Waals surface area contributed by atoms with Crippen molar-refractivity contribution < 1.29 is 19.5 Å². The van der Waals surface area contributed by atoms with Gasteiger partial charge in [-0.15, -0.1) is 0 Å². The standard InChI is InChI=1S/C12H20N2O4/c1-7(2)11(12(17)18)14-6-9(15)13(8(3)4)5-10(14)16/h7-8,11H,5-6H2,1-4H3,(H,17,18). The van der Waals surface area contributed by atoms with E-state index in [4.69, 9.17) is 5.11 Å². The van der Waals surface area contributed by atoms with Crippen LogP contribution in [-0.4, -0.2) is 57.9 Å². The summed E-state index contributed by atoms with van der Waals surface area (Å²) in [5, 5.41) is 9.16. The smallest absolute Gasteiger partial charge is 0.326 e. The number of hydrogen-bond donors (Lipinski definition) is 1. The molecule has 1 aliphatic rings. The molecule has 0 radical (unpaired) electrons. The maximum atomic E-state index is 12.0. The number of carboxylic acids is 1. The Hall–Kier alpha value is -1.59. The second-order valence-electron chi connectivity index (χ2n) is 5.16. The van der Waals surface area contributed by atoms with E-state index in [1.54, 1.807) is 13.8 Å². The van der Waals surface area contributed by atoms with Crippen LogP contribution < -0.4 is 0 Å². The zero-order valence-corrected chi connectivity index (χ0v) is 11.2. The number of amides is 2. The first-order valence-electron chi connectivity index (χ1n) is 6.07. The van der Waals surface area contributed by atoms with Gasteiger partial charge in [-0.25, -0.2) is 4.79 Å². The van der Waals surface area contributed by atoms with Crippen molar-refractivity contribution in [3.05, 3.63) is 0 Å². The molecule has 1 fully saturated rings. The predicted octanol–water partition coefficient (Wildman–Crippen LogP) is 0.175. The molecule has 102 valence electrons. The molecule has 1 atom stereocenters. The van der Waals surface area contributed by atoms with Crippen LogP contribution in [0.2, 0.25) is 0 Å². The predicted molar refractivity (Wildman–Crippen MR) is 64.8 cm³/mol. The van der Waals surface area contributed by atoms with Crippen molar-refractivity contribution in [1.29, 1.82) is 0 Å². The molecule has 6 nitrogen and oxygen atoms in total. The van der Waals surface area contributed by atoms with Gasteiger partial charge in [0.15, 0.2) is 0 Å². The largest absolute Gasteiger partial charge is 0.480 e. The molecule has 18 heavy (non-hydrogen) atoms. The Labute approximate surface area is 107 Å². The summed E-state index contributed by atoms with van der Waals surface area (Å²) in [7, 11) is 0. The van der Waals surface area contributed by atoms with Crippen LogP contribution >= 0.6 is 0 Å². The van der Waals surface area contributed by atoms with Crippen LogP contribution in [0, 0.1) is 5.92 Å². The fourth-order valence-electron chi connectivity index (χ4n) is 2.15. The first-order chi connectivity index (χ1) is 8.25. The number of piperazine rings is 1. The Morgan fingerprint density at radius 2 is 1.50 bits per heavy atom. The highest BCUT2D eigenvalue weighted by Gasteiger charge is 2.39. The summed E-state index contributed by atoms with van der Waals surface area (Å²) in [5.74, 6) is -1.80. The topological polar surface area (TPSA) is 77.9 Å². The van der Waals surface area contributed by atoms with Crippen LogP contribution in [0.3, 0.4) is 0 Å². The Bertz CT molecular complexity index is 365. The van der Waals surface area contributed by atoms with Crippen LogP contribution in [0.15, 0.2) is 0 Å². The third kappa shape index (κ3) is 2.80. The number of carboxylic acid groups (broad SMARTS) is 1. The van der Waals surface area contributed by atoms with Gasteiger partial charge in [0, 0.05) is 6.04 Å². The van der Waals surface area contributed by atoms with Gasteiger partial charge in [-0.1, -0.05) is 13.8 Å². The number of rotatable bonds is 4. The van der Waals surface area contributed by atoms with Crippen molar-refractivity contribution in [3.8, 4) is 0 Å². The molecule has 0 aromatic heterocycles. The van der Waals surface area contributed by atoms with Gasteiger partial charge in [0.25, 0.3) is 0 Å². The van der Waals surface area contributed by atoms with Gasteiger partial charge in [-0.3, -0.25) is 9.59 Å². The van der Waals surface area contributed by atoms with Crippen molar-refractivity contribution in [1.82, 2.24) is 9.80 Å². The van der Waals surface area contributed by atoms with Crippen molar-refractivity contribution in [2.24, 2.45) is 5.92 Å². The molecular weight excluding hydrogens is 236 g/mol. The van der Waals surface area contributed by atoms with Crippen LogP contribution in [0.4, 0.5) is 0 Å². The average Bonchev–Trinajstić information content (AvgIpc) is 2.21. The molecule has 0 saturated carbocycles. The highest BCUT2D eigenvalue weighted by Crippen LogP contribution is 2.17. The fourth-order valence-corrected chi connectivity index (χ4v) is 2.15. The van der Waals surface area contributed by atoms with E-state index in [2.05, 4.69) is 0 Å². The zero-order valence-electron chi connectivity index (χ0n) is 11.2. The number of aliphatic carboxylic acids is 1. The number of carbonyl (C=O) groups excluding carboxylic acids is 2. The second kappa shape index (κ2) is 5.37. The monoisotopic (exact) mass is 256 g/mol. The molecule has 0 spiro atoms. The van der Waals surface area contributed by atoms with Crippen LogP contribution in [-0.2, 0) is 14.4 Å². The van der Waals surface area contributed by atoms with Crippen molar-refractivity contribution in [3.63, 3.8) is 0 Å². The van der Waals surface area contributed by atoms with Gasteiger partial charge >= 0.3 is 5.97 Å². The quantitative estimate of drug-likeness (QED) is 0.778. The Balaban J connectivity index is 2.90. The van der Waals surface area contributed by atoms with Crippen molar-refractivity contribution >= 4 is 17.8 Å². The molecule has 1 heterocycles. The maximum absolute atomic E-state index is 12.0. The molecule has 0 aliphatic carbocycles. The normalized spacial score (nSPS) is 18.8. The Morgan fingerprint density at radius 3 is 1.89 bits per heavy atom. The molecular formula is C12H20N2O4. The molecule has 0 aromatic rings. The molecule has 0 aromatic carbocycles. The van der Waals surface area contributed by atoms with E-state index in [0.29, 0.717) is 0 Å². The van der Waals surface area contributed by atoms with Gasteiger partial charge in [0.05, 0.1) is 0 Å². The highest BCUT2D eigenvalue weighted by molar-refractivity contribution is 5.95. The van der Waals surface area contributed by atoms with Gasteiger partial charge in [0.1, 0.15) is 19.1 Å². The minimum atomic E-state index is -1.07. The maximum Gasteiger partial charge on any atom is 0.326 e. The van der Waals surface area contributed by atoms with Crippen molar-refractivity contribution in [2.75, 3.05) is 13.1 Å². The minimum absolute atomic E-state index is 0.0347. The lowest BCUT2D eigenvalue weighted by Crippen LogP contribution is -2.61. The van der Waals surface area contributed by atoms with Gasteiger partial charge in [-0.05, 0) is 19.8 Å². The lowest BCUT2D eigenvalue weighted by atomic mass is 10.0. The summed E-state index contributed by atoms with van der Waals surface area (Å²) in [4.78, 5) is 37.7. The zero-order chi connectivity index (χ0) is 14.0. The number of hydrogen-bond acceptors (Lipinski definition) is 3. The summed E-state index contributed by atoms with van der Waals surface area (Å²) in [6.45, 7) is 6.94. The van der Waals surface area contributed by atoms with E-state index in [0.717, 1.165) is 0 Å². The summed E-state index contributed by atoms with van der Waals surface area (Å²) < 4.78 is 0. The highest BCUT2D eigenvalue weighted by atomic mass is 16.4. The lowest BCUT2D eigenvalue weighted by molar-refractivity contribution is -0.161. The summed E-state index contributed by atoms with van der Waals surface area (Å²) in [5.41, 5.74) is 0. The summed E-state index contributed by atoms with van der Waals surface area (Å²) >= 11 is 0. The van der Waals surface area contributed by atoms with Gasteiger partial charge < -0.3 is 14.9 Å². The van der Waals surface area contributed by atoms with E-state index in [9.17, 15) is 14.4 Å². The van der Waals surface area contributed by atoms with E-state index < -0.39 is 12.0 Å². The van der Waals surface area contributed by atoms with Gasteiger partial charge in [-0.2, -0.15) is 0 Å². The summed E-state index contributed by atoms with van der Waals surface area (Å²) in [6, 6.07) is -0.985. The minimum Gasteiger partial charge on any atom is -0.480 e. The van der Waals surface area contributed by atoms with Crippen LogP contribution in [0.5, 0.6) is 0 Å². The van der Waals surface area contributed by atoms with E-state index in [1.165, 1.54) is 9.80 Å². The second-order valence-corrected chi connectivity index (χ2v) is 5.16. The molecule has 2 amide bonds. The molecule has 1 N–H and O–H groups in total. The third-order valence-corrected chi connectivity index (χ3v) is 3.10.